The first-order valence-electron chi connectivity index (χ1n) is 2.94. The molecule has 0 aliphatic heterocycles. The maximum absolute atomic E-state index is 10.2. The lowest BCUT2D eigenvalue weighted by atomic mass is 10.3. The van der Waals surface area contributed by atoms with Crippen molar-refractivity contribution < 1.29 is 10.0 Å². The maximum atomic E-state index is 10.2. The van der Waals surface area contributed by atoms with Gasteiger partial charge in [-0.25, -0.2) is 0 Å². The van der Waals surface area contributed by atoms with Crippen LogP contribution in [0.5, 0.6) is 0 Å². The minimum atomic E-state index is -0.527. The molecule has 0 atom stereocenters. The molecule has 1 rings (SSSR count). The molecule has 0 radical (unpaired) electrons. The summed E-state index contributed by atoms with van der Waals surface area (Å²) < 4.78 is 0. The first-order chi connectivity index (χ1) is 5.24. The quantitative estimate of drug-likeness (QED) is 0.496. The Labute approximate surface area is 62.5 Å². The van der Waals surface area contributed by atoms with E-state index in [0.29, 0.717) is 5.69 Å². The Morgan fingerprint density at radius 2 is 2.45 bits per heavy atom. The largest absolute Gasteiger partial charge is 0.390 e. The Hall–Kier alpha value is -1.49. The van der Waals surface area contributed by atoms with E-state index in [-0.39, 0.29) is 12.3 Å². The number of hydrogen-bond donors (Lipinski definition) is 1. The van der Waals surface area contributed by atoms with E-state index in [1.165, 1.54) is 18.3 Å². The summed E-state index contributed by atoms with van der Waals surface area (Å²) in [6.07, 6.45) is 1.30. The van der Waals surface area contributed by atoms with Crippen molar-refractivity contribution in [2.45, 2.75) is 6.61 Å². The number of aliphatic hydroxyl groups excluding tert-OH is 1. The molecule has 0 unspecified atom stereocenters. The zero-order valence-electron chi connectivity index (χ0n) is 5.60. The molecule has 0 aliphatic rings. The van der Waals surface area contributed by atoms with Gasteiger partial charge < -0.3 is 5.11 Å². The normalized spacial score (nSPS) is 9.55. The molecule has 1 heterocycles. The van der Waals surface area contributed by atoms with Crippen LogP contribution in [0.25, 0.3) is 0 Å². The summed E-state index contributed by atoms with van der Waals surface area (Å²) in [5, 5.41) is 18.7. The summed E-state index contributed by atoms with van der Waals surface area (Å²) >= 11 is 0. The van der Waals surface area contributed by atoms with E-state index in [1.54, 1.807) is 0 Å². The topological polar surface area (TPSA) is 76.3 Å². The average molecular weight is 154 g/mol. The Balaban J connectivity index is 3.01. The van der Waals surface area contributed by atoms with Gasteiger partial charge in [0.05, 0.1) is 17.2 Å². The van der Waals surface area contributed by atoms with Gasteiger partial charge in [0, 0.05) is 18.3 Å². The lowest BCUT2D eigenvalue weighted by Crippen LogP contribution is -1.92. The molecule has 0 fully saturated rings. The lowest BCUT2D eigenvalue weighted by Gasteiger charge is -1.93. The van der Waals surface area contributed by atoms with Crippen molar-refractivity contribution in [3.05, 3.63) is 34.1 Å². The van der Waals surface area contributed by atoms with Gasteiger partial charge in [-0.05, 0) is 0 Å². The van der Waals surface area contributed by atoms with Crippen molar-refractivity contribution in [3.8, 4) is 0 Å². The predicted octanol–water partition coefficient (Wildman–Crippen LogP) is 0.482. The molecule has 0 aromatic carbocycles. The van der Waals surface area contributed by atoms with E-state index < -0.39 is 4.92 Å². The minimum Gasteiger partial charge on any atom is -0.390 e. The Kier molecular flexibility index (Phi) is 2.12. The highest BCUT2D eigenvalue weighted by atomic mass is 16.6. The number of rotatable bonds is 2. The number of aromatic nitrogens is 1. The summed E-state index contributed by atoms with van der Waals surface area (Å²) in [7, 11) is 0. The summed E-state index contributed by atoms with van der Waals surface area (Å²) in [4.78, 5) is 13.3. The van der Waals surface area contributed by atoms with E-state index >= 15 is 0 Å². The van der Waals surface area contributed by atoms with Crippen molar-refractivity contribution in [3.63, 3.8) is 0 Å². The molecule has 5 nitrogen and oxygen atoms in total. The molecule has 58 valence electrons. The van der Waals surface area contributed by atoms with E-state index in [9.17, 15) is 10.1 Å². The third-order valence-corrected chi connectivity index (χ3v) is 1.17. The van der Waals surface area contributed by atoms with Crippen LogP contribution in [-0.4, -0.2) is 15.0 Å². The molecule has 11 heavy (non-hydrogen) atoms. The highest BCUT2D eigenvalue weighted by molar-refractivity contribution is 5.29. The molecular formula is C6H6N2O3. The van der Waals surface area contributed by atoms with Crippen LogP contribution in [0.2, 0.25) is 0 Å². The van der Waals surface area contributed by atoms with Crippen LogP contribution in [0.15, 0.2) is 18.3 Å². The van der Waals surface area contributed by atoms with Gasteiger partial charge in [0.2, 0.25) is 0 Å². The van der Waals surface area contributed by atoms with Gasteiger partial charge in [0.15, 0.2) is 0 Å². The number of pyridine rings is 1. The second-order valence-corrected chi connectivity index (χ2v) is 1.92. The smallest absolute Gasteiger partial charge is 0.272 e. The number of hydrogen-bond acceptors (Lipinski definition) is 4. The highest BCUT2D eigenvalue weighted by Gasteiger charge is 2.04. The number of aliphatic hydroxyl groups is 1. The van der Waals surface area contributed by atoms with Crippen LogP contribution in [0.3, 0.4) is 0 Å². The monoisotopic (exact) mass is 154 g/mol. The van der Waals surface area contributed by atoms with Gasteiger partial charge >= 0.3 is 0 Å². The van der Waals surface area contributed by atoms with Crippen LogP contribution in [0.4, 0.5) is 5.69 Å². The van der Waals surface area contributed by atoms with Crippen LogP contribution in [0.1, 0.15) is 5.69 Å². The standard InChI is InChI=1S/C6H6N2O3/c9-4-5-3-6(8(10)11)1-2-7-5/h1-3,9H,4H2. The minimum absolute atomic E-state index is 0.0518. The van der Waals surface area contributed by atoms with E-state index in [1.807, 2.05) is 0 Å². The summed E-state index contributed by atoms with van der Waals surface area (Å²) in [6, 6.07) is 2.51. The van der Waals surface area contributed by atoms with Crippen molar-refractivity contribution in [2.75, 3.05) is 0 Å². The van der Waals surface area contributed by atoms with Crippen LogP contribution < -0.4 is 0 Å². The molecule has 0 amide bonds. The molecule has 1 aromatic heterocycles. The van der Waals surface area contributed by atoms with E-state index in [0.717, 1.165) is 0 Å². The molecular weight excluding hydrogens is 148 g/mol. The average Bonchev–Trinajstić information content (AvgIpc) is 2.05. The SMILES string of the molecule is O=[N+]([O-])c1ccnc(CO)c1. The van der Waals surface area contributed by atoms with Crippen molar-refractivity contribution in [2.24, 2.45) is 0 Å². The molecule has 0 bridgehead atoms. The van der Waals surface area contributed by atoms with Gasteiger partial charge in [-0.2, -0.15) is 0 Å². The van der Waals surface area contributed by atoms with E-state index in [2.05, 4.69) is 4.98 Å². The second kappa shape index (κ2) is 3.07. The highest BCUT2D eigenvalue weighted by Crippen LogP contribution is 2.09. The van der Waals surface area contributed by atoms with Crippen molar-refractivity contribution in [1.82, 2.24) is 4.98 Å². The predicted molar refractivity (Wildman–Crippen MR) is 36.8 cm³/mol. The first kappa shape index (κ1) is 7.62. The zero-order chi connectivity index (χ0) is 8.27. The summed E-state index contributed by atoms with van der Waals surface area (Å²) in [5.74, 6) is 0. The summed E-state index contributed by atoms with van der Waals surface area (Å²) in [6.45, 7) is -0.276. The fraction of sp³-hybridized carbons (Fsp3) is 0.167. The molecule has 0 saturated carbocycles. The third-order valence-electron chi connectivity index (χ3n) is 1.17. The second-order valence-electron chi connectivity index (χ2n) is 1.92. The van der Waals surface area contributed by atoms with Crippen LogP contribution in [-0.2, 0) is 6.61 Å². The van der Waals surface area contributed by atoms with Crippen LogP contribution >= 0.6 is 0 Å². The number of nitrogens with zero attached hydrogens (tertiary/aromatic N) is 2. The molecule has 0 saturated heterocycles. The van der Waals surface area contributed by atoms with Gasteiger partial charge in [-0.3, -0.25) is 15.1 Å². The maximum Gasteiger partial charge on any atom is 0.272 e. The first-order valence-corrected chi connectivity index (χ1v) is 2.94. The van der Waals surface area contributed by atoms with Gasteiger partial charge in [0.25, 0.3) is 5.69 Å². The van der Waals surface area contributed by atoms with E-state index in [4.69, 9.17) is 5.11 Å². The zero-order valence-corrected chi connectivity index (χ0v) is 5.60. The molecule has 1 N–H and O–H groups in total. The molecule has 0 aliphatic carbocycles. The third kappa shape index (κ3) is 1.71. The van der Waals surface area contributed by atoms with Crippen LogP contribution in [0, 0.1) is 10.1 Å². The molecule has 0 spiro atoms. The van der Waals surface area contributed by atoms with Gasteiger partial charge in [-0.1, -0.05) is 0 Å². The Morgan fingerprint density at radius 3 is 3.00 bits per heavy atom. The summed E-state index contributed by atoms with van der Waals surface area (Å²) in [5.41, 5.74) is 0.253. The number of nitro groups is 1. The fourth-order valence-corrected chi connectivity index (χ4v) is 0.665. The Bertz CT molecular complexity index is 274. The van der Waals surface area contributed by atoms with Crippen molar-refractivity contribution in [1.29, 1.82) is 0 Å². The fourth-order valence-electron chi connectivity index (χ4n) is 0.665. The molecule has 5 heteroatoms. The van der Waals surface area contributed by atoms with Gasteiger partial charge in [0.1, 0.15) is 0 Å². The lowest BCUT2D eigenvalue weighted by molar-refractivity contribution is -0.385. The van der Waals surface area contributed by atoms with Crippen molar-refractivity contribution >= 4 is 5.69 Å². The Morgan fingerprint density at radius 1 is 1.73 bits per heavy atom. The van der Waals surface area contributed by atoms with Gasteiger partial charge in [-0.15, -0.1) is 0 Å². The molecule has 1 aromatic rings.